The Balaban J connectivity index is 2.06. The Hall–Kier alpha value is -1.54. The molecule has 1 aliphatic rings. The number of aromatic nitrogens is 2. The standard InChI is InChI=1S/C13H20N4O3S/c1-9-7-10(2)15-13(14-9)16-12(18)11-5-4-6-17(8-11)21(3,19)20/h7,11H,4-6,8H2,1-3H3,(H,14,15,16,18)/t11-/m1/s1. The summed E-state index contributed by atoms with van der Waals surface area (Å²) in [6.07, 6.45) is 2.52. The molecule has 2 rings (SSSR count). The summed E-state index contributed by atoms with van der Waals surface area (Å²) in [7, 11) is -3.26. The van der Waals surface area contributed by atoms with Gasteiger partial charge in [-0.2, -0.15) is 0 Å². The maximum absolute atomic E-state index is 12.3. The molecule has 116 valence electrons. The number of carbonyl (C=O) groups is 1. The van der Waals surface area contributed by atoms with Gasteiger partial charge in [0.15, 0.2) is 0 Å². The molecule has 1 aliphatic heterocycles. The maximum atomic E-state index is 12.3. The zero-order valence-corrected chi connectivity index (χ0v) is 13.3. The Morgan fingerprint density at radius 1 is 1.33 bits per heavy atom. The summed E-state index contributed by atoms with van der Waals surface area (Å²) in [5.74, 6) is -0.319. The molecular formula is C13H20N4O3S. The van der Waals surface area contributed by atoms with Gasteiger partial charge in [0, 0.05) is 24.5 Å². The van der Waals surface area contributed by atoms with Gasteiger partial charge in [-0.3, -0.25) is 10.1 Å². The molecule has 21 heavy (non-hydrogen) atoms. The van der Waals surface area contributed by atoms with Crippen molar-refractivity contribution >= 4 is 21.9 Å². The van der Waals surface area contributed by atoms with Gasteiger partial charge in [0.25, 0.3) is 0 Å². The van der Waals surface area contributed by atoms with Gasteiger partial charge in [0.2, 0.25) is 21.9 Å². The van der Waals surface area contributed by atoms with Crippen LogP contribution in [0.3, 0.4) is 0 Å². The highest BCUT2D eigenvalue weighted by Gasteiger charge is 2.30. The van der Waals surface area contributed by atoms with Crippen molar-refractivity contribution in [3.05, 3.63) is 17.5 Å². The van der Waals surface area contributed by atoms with Crippen LogP contribution in [0.25, 0.3) is 0 Å². The molecule has 2 heterocycles. The van der Waals surface area contributed by atoms with E-state index in [1.165, 1.54) is 10.6 Å². The smallest absolute Gasteiger partial charge is 0.231 e. The number of anilines is 1. The van der Waals surface area contributed by atoms with Crippen LogP contribution in [0.4, 0.5) is 5.95 Å². The first kappa shape index (κ1) is 15.8. The molecule has 0 spiro atoms. The number of hydrogen-bond acceptors (Lipinski definition) is 5. The fourth-order valence-electron chi connectivity index (χ4n) is 2.45. The highest BCUT2D eigenvalue weighted by Crippen LogP contribution is 2.20. The quantitative estimate of drug-likeness (QED) is 0.887. The van der Waals surface area contributed by atoms with E-state index in [-0.39, 0.29) is 24.3 Å². The van der Waals surface area contributed by atoms with Gasteiger partial charge < -0.3 is 0 Å². The van der Waals surface area contributed by atoms with E-state index in [2.05, 4.69) is 15.3 Å². The fraction of sp³-hybridized carbons (Fsp3) is 0.615. The summed E-state index contributed by atoms with van der Waals surface area (Å²) < 4.78 is 24.5. The lowest BCUT2D eigenvalue weighted by molar-refractivity contribution is -0.120. The lowest BCUT2D eigenvalue weighted by Crippen LogP contribution is -2.43. The number of carbonyl (C=O) groups excluding carboxylic acids is 1. The monoisotopic (exact) mass is 312 g/mol. The average molecular weight is 312 g/mol. The van der Waals surface area contributed by atoms with Crippen molar-refractivity contribution in [1.82, 2.24) is 14.3 Å². The second-order valence-corrected chi connectivity index (χ2v) is 7.41. The molecule has 0 bridgehead atoms. The molecule has 0 radical (unpaired) electrons. The van der Waals surface area contributed by atoms with E-state index in [9.17, 15) is 13.2 Å². The molecule has 1 aromatic rings. The van der Waals surface area contributed by atoms with Gasteiger partial charge in [0.05, 0.1) is 12.2 Å². The first-order valence-electron chi connectivity index (χ1n) is 6.84. The van der Waals surface area contributed by atoms with Gasteiger partial charge in [-0.25, -0.2) is 22.7 Å². The Labute approximate surface area is 124 Å². The van der Waals surface area contributed by atoms with Crippen LogP contribution in [0.2, 0.25) is 0 Å². The summed E-state index contributed by atoms with van der Waals surface area (Å²) in [4.78, 5) is 20.6. The second kappa shape index (κ2) is 6.07. The fourth-order valence-corrected chi connectivity index (χ4v) is 3.36. The first-order chi connectivity index (χ1) is 9.75. The molecule has 1 saturated heterocycles. The van der Waals surface area contributed by atoms with Crippen LogP contribution in [-0.2, 0) is 14.8 Å². The predicted molar refractivity (Wildman–Crippen MR) is 79.3 cm³/mol. The maximum Gasteiger partial charge on any atom is 0.231 e. The largest absolute Gasteiger partial charge is 0.294 e. The van der Waals surface area contributed by atoms with Crippen LogP contribution < -0.4 is 5.32 Å². The number of hydrogen-bond donors (Lipinski definition) is 1. The molecule has 1 N–H and O–H groups in total. The van der Waals surface area contributed by atoms with Gasteiger partial charge in [-0.05, 0) is 32.8 Å². The van der Waals surface area contributed by atoms with Crippen LogP contribution in [0.5, 0.6) is 0 Å². The van der Waals surface area contributed by atoms with Crippen molar-refractivity contribution in [2.24, 2.45) is 5.92 Å². The topological polar surface area (TPSA) is 92.3 Å². The zero-order chi connectivity index (χ0) is 15.6. The predicted octanol–water partition coefficient (Wildman–Crippen LogP) is 0.704. The second-order valence-electron chi connectivity index (χ2n) is 5.42. The highest BCUT2D eigenvalue weighted by atomic mass is 32.2. The Morgan fingerprint density at radius 2 is 1.95 bits per heavy atom. The summed E-state index contributed by atoms with van der Waals surface area (Å²) in [5, 5.41) is 2.68. The van der Waals surface area contributed by atoms with E-state index >= 15 is 0 Å². The summed E-state index contributed by atoms with van der Waals surface area (Å²) >= 11 is 0. The van der Waals surface area contributed by atoms with Gasteiger partial charge in [-0.1, -0.05) is 0 Å². The molecule has 0 aromatic carbocycles. The van der Waals surface area contributed by atoms with E-state index in [1.807, 2.05) is 19.9 Å². The highest BCUT2D eigenvalue weighted by molar-refractivity contribution is 7.88. The molecule has 8 heteroatoms. The van der Waals surface area contributed by atoms with Crippen LogP contribution in [0.15, 0.2) is 6.07 Å². The van der Waals surface area contributed by atoms with E-state index in [0.717, 1.165) is 11.4 Å². The zero-order valence-electron chi connectivity index (χ0n) is 12.5. The summed E-state index contributed by atoms with van der Waals surface area (Å²) in [6, 6.07) is 1.82. The minimum Gasteiger partial charge on any atom is -0.294 e. The number of amides is 1. The SMILES string of the molecule is Cc1cc(C)nc(NC(=O)[C@@H]2CCCN(S(C)(=O)=O)C2)n1. The molecule has 7 nitrogen and oxygen atoms in total. The van der Waals surface area contributed by atoms with Crippen molar-refractivity contribution in [3.63, 3.8) is 0 Å². The summed E-state index contributed by atoms with van der Waals surface area (Å²) in [6.45, 7) is 4.35. The summed E-state index contributed by atoms with van der Waals surface area (Å²) in [5.41, 5.74) is 1.55. The molecule has 0 aliphatic carbocycles. The third-order valence-corrected chi connectivity index (χ3v) is 4.71. The molecule has 0 saturated carbocycles. The normalized spacial score (nSPS) is 20.2. The molecule has 1 fully saturated rings. The van der Waals surface area contributed by atoms with E-state index in [0.29, 0.717) is 19.4 Å². The molecule has 1 amide bonds. The molecule has 1 aromatic heterocycles. The van der Waals surface area contributed by atoms with Crippen molar-refractivity contribution in [2.45, 2.75) is 26.7 Å². The molecular weight excluding hydrogens is 292 g/mol. The van der Waals surface area contributed by atoms with Crippen molar-refractivity contribution in [2.75, 3.05) is 24.7 Å². The minimum atomic E-state index is -3.26. The number of nitrogens with zero attached hydrogens (tertiary/aromatic N) is 3. The third kappa shape index (κ3) is 4.21. The first-order valence-corrected chi connectivity index (χ1v) is 8.69. The van der Waals surface area contributed by atoms with E-state index in [1.54, 1.807) is 0 Å². The van der Waals surface area contributed by atoms with Crippen LogP contribution in [0, 0.1) is 19.8 Å². The van der Waals surface area contributed by atoms with Gasteiger partial charge in [0.1, 0.15) is 0 Å². The van der Waals surface area contributed by atoms with Crippen molar-refractivity contribution in [3.8, 4) is 0 Å². The van der Waals surface area contributed by atoms with Crippen LogP contribution >= 0.6 is 0 Å². The lowest BCUT2D eigenvalue weighted by atomic mass is 9.99. The minimum absolute atomic E-state index is 0.218. The van der Waals surface area contributed by atoms with Crippen LogP contribution in [-0.4, -0.2) is 47.9 Å². The average Bonchev–Trinajstić information content (AvgIpc) is 2.36. The molecule has 1 atom stereocenters. The van der Waals surface area contributed by atoms with Crippen LogP contribution in [0.1, 0.15) is 24.2 Å². The lowest BCUT2D eigenvalue weighted by Gasteiger charge is -2.29. The Bertz CT molecular complexity index is 625. The molecule has 0 unspecified atom stereocenters. The van der Waals surface area contributed by atoms with E-state index in [4.69, 9.17) is 0 Å². The number of nitrogens with one attached hydrogen (secondary N) is 1. The Morgan fingerprint density at radius 3 is 2.52 bits per heavy atom. The number of aryl methyl sites for hydroxylation is 2. The number of rotatable bonds is 3. The number of sulfonamides is 1. The van der Waals surface area contributed by atoms with E-state index < -0.39 is 10.0 Å². The number of piperidine rings is 1. The van der Waals surface area contributed by atoms with Crippen molar-refractivity contribution in [1.29, 1.82) is 0 Å². The Kier molecular flexibility index (Phi) is 4.58. The third-order valence-electron chi connectivity index (χ3n) is 3.44. The van der Waals surface area contributed by atoms with Gasteiger partial charge >= 0.3 is 0 Å². The van der Waals surface area contributed by atoms with Gasteiger partial charge in [-0.15, -0.1) is 0 Å². The van der Waals surface area contributed by atoms with Crippen molar-refractivity contribution < 1.29 is 13.2 Å².